The molecule has 1 aromatic carbocycles. The largest absolute Gasteiger partial charge is 0.384 e. The normalized spacial score (nSPS) is 19.6. The summed E-state index contributed by atoms with van der Waals surface area (Å²) in [6.07, 6.45) is 2.08. The highest BCUT2D eigenvalue weighted by atomic mass is 16.5. The molecule has 1 fully saturated rings. The summed E-state index contributed by atoms with van der Waals surface area (Å²) in [5, 5.41) is 0. The molecular weight excluding hydrogens is 214 g/mol. The van der Waals surface area contributed by atoms with Gasteiger partial charge in [-0.25, -0.2) is 0 Å². The lowest BCUT2D eigenvalue weighted by Gasteiger charge is -2.21. The first-order valence-corrected chi connectivity index (χ1v) is 6.04. The Bertz CT molecular complexity index is 403. The Balaban J connectivity index is 2.10. The van der Waals surface area contributed by atoms with E-state index in [4.69, 9.17) is 4.74 Å². The molecule has 1 atom stereocenters. The highest BCUT2D eigenvalue weighted by Gasteiger charge is 2.23. The molecule has 1 unspecified atom stereocenters. The number of nitrogens with zero attached hydrogens (tertiary/aromatic N) is 1. The average Bonchev–Trinajstić information content (AvgIpc) is 2.78. The standard InChI is InChI=1S/C14H19NO2/c1-11-7-12(9-16)3-4-14(11)15-6-5-13(8-15)10-17-2/h3-4,7,9,13H,5-6,8,10H2,1-2H3. The summed E-state index contributed by atoms with van der Waals surface area (Å²) in [6, 6.07) is 5.89. The zero-order valence-corrected chi connectivity index (χ0v) is 10.5. The predicted octanol–water partition coefficient (Wildman–Crippen LogP) is 2.28. The van der Waals surface area contributed by atoms with E-state index in [0.717, 1.165) is 31.5 Å². The van der Waals surface area contributed by atoms with Gasteiger partial charge in [-0.2, -0.15) is 0 Å². The molecular formula is C14H19NO2. The molecule has 0 radical (unpaired) electrons. The third-order valence-electron chi connectivity index (χ3n) is 3.39. The lowest BCUT2D eigenvalue weighted by atomic mass is 10.1. The molecule has 0 aromatic heterocycles. The van der Waals surface area contributed by atoms with E-state index in [9.17, 15) is 4.79 Å². The number of benzene rings is 1. The minimum Gasteiger partial charge on any atom is -0.384 e. The Morgan fingerprint density at radius 2 is 2.35 bits per heavy atom. The number of hydrogen-bond acceptors (Lipinski definition) is 3. The molecule has 1 aliphatic rings. The van der Waals surface area contributed by atoms with E-state index in [1.54, 1.807) is 7.11 Å². The number of anilines is 1. The van der Waals surface area contributed by atoms with E-state index in [2.05, 4.69) is 11.8 Å². The van der Waals surface area contributed by atoms with Crippen LogP contribution in [-0.2, 0) is 4.74 Å². The van der Waals surface area contributed by atoms with Crippen LogP contribution in [0.5, 0.6) is 0 Å². The molecule has 0 spiro atoms. The van der Waals surface area contributed by atoms with Crippen molar-refractivity contribution >= 4 is 12.0 Å². The molecule has 0 aliphatic carbocycles. The van der Waals surface area contributed by atoms with Crippen molar-refractivity contribution in [2.45, 2.75) is 13.3 Å². The summed E-state index contributed by atoms with van der Waals surface area (Å²) >= 11 is 0. The second-order valence-electron chi connectivity index (χ2n) is 4.72. The summed E-state index contributed by atoms with van der Waals surface area (Å²) in [7, 11) is 1.76. The van der Waals surface area contributed by atoms with Gasteiger partial charge >= 0.3 is 0 Å². The SMILES string of the molecule is COCC1CCN(c2ccc(C=O)cc2C)C1. The molecule has 0 amide bonds. The minimum atomic E-state index is 0.630. The number of rotatable bonds is 4. The van der Waals surface area contributed by atoms with Gasteiger partial charge in [-0.15, -0.1) is 0 Å². The predicted molar refractivity (Wildman–Crippen MR) is 68.8 cm³/mol. The van der Waals surface area contributed by atoms with Crippen LogP contribution in [0, 0.1) is 12.8 Å². The van der Waals surface area contributed by atoms with E-state index in [1.807, 2.05) is 18.2 Å². The van der Waals surface area contributed by atoms with E-state index < -0.39 is 0 Å². The molecule has 1 saturated heterocycles. The molecule has 1 aliphatic heterocycles. The fourth-order valence-corrected chi connectivity index (χ4v) is 2.53. The Kier molecular flexibility index (Phi) is 3.79. The molecule has 1 heterocycles. The highest BCUT2D eigenvalue weighted by molar-refractivity contribution is 5.77. The van der Waals surface area contributed by atoms with Gasteiger partial charge in [0.15, 0.2) is 0 Å². The third-order valence-corrected chi connectivity index (χ3v) is 3.39. The molecule has 0 N–H and O–H groups in total. The summed E-state index contributed by atoms with van der Waals surface area (Å²) in [4.78, 5) is 13.1. The zero-order chi connectivity index (χ0) is 12.3. The molecule has 0 bridgehead atoms. The number of methoxy groups -OCH3 is 1. The second-order valence-corrected chi connectivity index (χ2v) is 4.72. The van der Waals surface area contributed by atoms with Gasteiger partial charge in [0, 0.05) is 37.4 Å². The monoisotopic (exact) mass is 233 g/mol. The summed E-state index contributed by atoms with van der Waals surface area (Å²) in [5.41, 5.74) is 3.17. The Hall–Kier alpha value is -1.35. The highest BCUT2D eigenvalue weighted by Crippen LogP contribution is 2.27. The molecule has 1 aromatic rings. The average molecular weight is 233 g/mol. The molecule has 0 saturated carbocycles. The van der Waals surface area contributed by atoms with Gasteiger partial charge in [0.1, 0.15) is 6.29 Å². The maximum absolute atomic E-state index is 10.7. The maximum Gasteiger partial charge on any atom is 0.150 e. The van der Waals surface area contributed by atoms with Crippen molar-refractivity contribution in [2.24, 2.45) is 5.92 Å². The Labute approximate surface area is 102 Å². The zero-order valence-electron chi connectivity index (χ0n) is 10.5. The van der Waals surface area contributed by atoms with Crippen LogP contribution in [0.3, 0.4) is 0 Å². The van der Waals surface area contributed by atoms with Crippen molar-refractivity contribution in [1.29, 1.82) is 0 Å². The molecule has 3 heteroatoms. The number of aryl methyl sites for hydroxylation is 1. The Morgan fingerprint density at radius 1 is 1.53 bits per heavy atom. The molecule has 3 nitrogen and oxygen atoms in total. The van der Waals surface area contributed by atoms with Gasteiger partial charge in [0.25, 0.3) is 0 Å². The van der Waals surface area contributed by atoms with Gasteiger partial charge in [0.2, 0.25) is 0 Å². The van der Waals surface area contributed by atoms with Crippen molar-refractivity contribution in [2.75, 3.05) is 31.7 Å². The van der Waals surface area contributed by atoms with Crippen molar-refractivity contribution in [3.8, 4) is 0 Å². The third kappa shape index (κ3) is 2.67. The molecule has 17 heavy (non-hydrogen) atoms. The summed E-state index contributed by atoms with van der Waals surface area (Å²) in [5.74, 6) is 0.630. The quantitative estimate of drug-likeness (QED) is 0.747. The van der Waals surface area contributed by atoms with Gasteiger partial charge in [-0.05, 0) is 37.1 Å². The van der Waals surface area contributed by atoms with Crippen LogP contribution >= 0.6 is 0 Å². The van der Waals surface area contributed by atoms with Crippen molar-refractivity contribution in [1.82, 2.24) is 0 Å². The van der Waals surface area contributed by atoms with Gasteiger partial charge in [-0.1, -0.05) is 0 Å². The summed E-state index contributed by atoms with van der Waals surface area (Å²) < 4.78 is 5.20. The smallest absolute Gasteiger partial charge is 0.150 e. The first-order chi connectivity index (χ1) is 8.24. The first-order valence-electron chi connectivity index (χ1n) is 6.04. The number of ether oxygens (including phenoxy) is 1. The Morgan fingerprint density at radius 3 is 3.00 bits per heavy atom. The number of hydrogen-bond donors (Lipinski definition) is 0. The summed E-state index contributed by atoms with van der Waals surface area (Å²) in [6.45, 7) is 5.03. The van der Waals surface area contributed by atoms with Gasteiger partial charge < -0.3 is 9.64 Å². The molecule has 2 rings (SSSR count). The van der Waals surface area contributed by atoms with E-state index >= 15 is 0 Å². The van der Waals surface area contributed by atoms with Crippen LogP contribution in [0.1, 0.15) is 22.3 Å². The van der Waals surface area contributed by atoms with E-state index in [-0.39, 0.29) is 0 Å². The van der Waals surface area contributed by atoms with Crippen LogP contribution in [0.4, 0.5) is 5.69 Å². The lowest BCUT2D eigenvalue weighted by molar-refractivity contribution is 0.112. The number of aldehydes is 1. The maximum atomic E-state index is 10.7. The van der Waals surface area contributed by atoms with Gasteiger partial charge in [-0.3, -0.25) is 4.79 Å². The van der Waals surface area contributed by atoms with Crippen molar-refractivity contribution < 1.29 is 9.53 Å². The van der Waals surface area contributed by atoms with Crippen molar-refractivity contribution in [3.05, 3.63) is 29.3 Å². The van der Waals surface area contributed by atoms with Crippen molar-refractivity contribution in [3.63, 3.8) is 0 Å². The molecule has 92 valence electrons. The lowest BCUT2D eigenvalue weighted by Crippen LogP contribution is -2.21. The van der Waals surface area contributed by atoms with Crippen LogP contribution in [0.15, 0.2) is 18.2 Å². The number of carbonyl (C=O) groups excluding carboxylic acids is 1. The van der Waals surface area contributed by atoms with E-state index in [0.29, 0.717) is 5.92 Å². The first kappa shape index (κ1) is 12.1. The van der Waals surface area contributed by atoms with Gasteiger partial charge in [0.05, 0.1) is 6.61 Å². The second kappa shape index (κ2) is 5.32. The fourth-order valence-electron chi connectivity index (χ4n) is 2.53. The van der Waals surface area contributed by atoms with E-state index in [1.165, 1.54) is 17.7 Å². The fraction of sp³-hybridized carbons (Fsp3) is 0.500. The topological polar surface area (TPSA) is 29.5 Å². The number of carbonyl (C=O) groups is 1. The minimum absolute atomic E-state index is 0.630. The van der Waals surface area contributed by atoms with Crippen LogP contribution in [0.2, 0.25) is 0 Å². The van der Waals surface area contributed by atoms with Crippen LogP contribution in [-0.4, -0.2) is 33.1 Å². The van der Waals surface area contributed by atoms with Crippen LogP contribution < -0.4 is 4.90 Å². The van der Waals surface area contributed by atoms with Crippen LogP contribution in [0.25, 0.3) is 0 Å².